The molecule has 0 radical (unpaired) electrons. The van der Waals surface area contributed by atoms with E-state index in [1.807, 2.05) is 56.3 Å². The lowest BCUT2D eigenvalue weighted by Crippen LogP contribution is -2.46. The molecule has 0 fully saturated rings. The Kier molecular flexibility index (Phi) is 5.74. The summed E-state index contributed by atoms with van der Waals surface area (Å²) in [6, 6.07) is 13.1. The van der Waals surface area contributed by atoms with Gasteiger partial charge in [-0.3, -0.25) is 14.6 Å². The topological polar surface area (TPSA) is 62.7 Å². The first kappa shape index (κ1) is 18.9. The molecule has 0 saturated heterocycles. The number of ether oxygens (including phenoxy) is 1. The molecule has 142 valence electrons. The van der Waals surface area contributed by atoms with Gasteiger partial charge < -0.3 is 14.5 Å². The Labute approximate surface area is 159 Å². The second-order valence-electron chi connectivity index (χ2n) is 6.90. The zero-order valence-corrected chi connectivity index (χ0v) is 16.0. The minimum atomic E-state index is -0.551. The predicted octanol–water partition coefficient (Wildman–Crippen LogP) is 3.02. The lowest BCUT2D eigenvalue weighted by atomic mass is 10.1. The fraction of sp³-hybridized carbons (Fsp3) is 0.381. The third-order valence-corrected chi connectivity index (χ3v) is 4.63. The SMILES string of the molecule is CC(C)N(Cc1ccccn1)C(=O)CCN1C(=O)[C@@H](C)Oc2ccccc21. The summed E-state index contributed by atoms with van der Waals surface area (Å²) in [5, 5.41) is 0. The molecule has 2 aromatic rings. The first-order valence-corrected chi connectivity index (χ1v) is 9.24. The molecular formula is C21H25N3O3. The van der Waals surface area contributed by atoms with Gasteiger partial charge in [-0.2, -0.15) is 0 Å². The van der Waals surface area contributed by atoms with E-state index in [4.69, 9.17) is 4.74 Å². The fourth-order valence-corrected chi connectivity index (χ4v) is 3.17. The van der Waals surface area contributed by atoms with E-state index < -0.39 is 6.10 Å². The minimum absolute atomic E-state index is 0.0000732. The number of hydrogen-bond donors (Lipinski definition) is 0. The van der Waals surface area contributed by atoms with Gasteiger partial charge in [0.05, 0.1) is 17.9 Å². The number of aromatic nitrogens is 1. The van der Waals surface area contributed by atoms with E-state index in [1.54, 1.807) is 22.9 Å². The van der Waals surface area contributed by atoms with E-state index in [0.717, 1.165) is 5.69 Å². The van der Waals surface area contributed by atoms with Crippen molar-refractivity contribution in [1.82, 2.24) is 9.88 Å². The van der Waals surface area contributed by atoms with Crippen molar-refractivity contribution in [3.8, 4) is 5.75 Å². The largest absolute Gasteiger partial charge is 0.479 e. The average molecular weight is 367 g/mol. The van der Waals surface area contributed by atoms with Gasteiger partial charge in [-0.1, -0.05) is 18.2 Å². The van der Waals surface area contributed by atoms with Gasteiger partial charge in [-0.05, 0) is 45.0 Å². The summed E-state index contributed by atoms with van der Waals surface area (Å²) >= 11 is 0. The molecule has 2 heterocycles. The first-order chi connectivity index (χ1) is 13.0. The van der Waals surface area contributed by atoms with Crippen molar-refractivity contribution < 1.29 is 14.3 Å². The maximum Gasteiger partial charge on any atom is 0.267 e. The highest BCUT2D eigenvalue weighted by Gasteiger charge is 2.31. The highest BCUT2D eigenvalue weighted by atomic mass is 16.5. The summed E-state index contributed by atoms with van der Waals surface area (Å²) in [6.45, 7) is 6.49. The molecule has 2 amide bonds. The molecule has 0 N–H and O–H groups in total. The second-order valence-corrected chi connectivity index (χ2v) is 6.90. The number of hydrogen-bond acceptors (Lipinski definition) is 4. The molecule has 0 bridgehead atoms. The van der Waals surface area contributed by atoms with Crippen LogP contribution in [0.3, 0.4) is 0 Å². The molecule has 1 aromatic heterocycles. The van der Waals surface area contributed by atoms with Crippen LogP contribution in [0.1, 0.15) is 32.9 Å². The van der Waals surface area contributed by atoms with Crippen molar-refractivity contribution in [3.05, 3.63) is 54.4 Å². The number of anilines is 1. The summed E-state index contributed by atoms with van der Waals surface area (Å²) in [5.41, 5.74) is 1.56. The van der Waals surface area contributed by atoms with Crippen LogP contribution in [0.25, 0.3) is 0 Å². The lowest BCUT2D eigenvalue weighted by Gasteiger charge is -2.33. The molecule has 0 spiro atoms. The van der Waals surface area contributed by atoms with Gasteiger partial charge in [0, 0.05) is 25.2 Å². The molecule has 0 unspecified atom stereocenters. The summed E-state index contributed by atoms with van der Waals surface area (Å²) in [7, 11) is 0. The smallest absolute Gasteiger partial charge is 0.267 e. The number of rotatable bonds is 6. The number of carbonyl (C=O) groups excluding carboxylic acids is 2. The zero-order chi connectivity index (χ0) is 19.4. The van der Waals surface area contributed by atoms with Crippen molar-refractivity contribution in [1.29, 1.82) is 0 Å². The third-order valence-electron chi connectivity index (χ3n) is 4.63. The number of pyridine rings is 1. The number of amides is 2. The maximum atomic E-state index is 12.9. The highest BCUT2D eigenvalue weighted by molar-refractivity contribution is 6.00. The molecule has 1 aromatic carbocycles. The Morgan fingerprint density at radius 3 is 2.67 bits per heavy atom. The van der Waals surface area contributed by atoms with E-state index >= 15 is 0 Å². The molecular weight excluding hydrogens is 342 g/mol. The van der Waals surface area contributed by atoms with Crippen LogP contribution in [0, 0.1) is 0 Å². The van der Waals surface area contributed by atoms with Gasteiger partial charge in [0.1, 0.15) is 5.75 Å². The van der Waals surface area contributed by atoms with E-state index in [-0.39, 0.29) is 24.3 Å². The van der Waals surface area contributed by atoms with Crippen LogP contribution in [-0.2, 0) is 16.1 Å². The van der Waals surface area contributed by atoms with E-state index in [1.165, 1.54) is 0 Å². The van der Waals surface area contributed by atoms with Crippen LogP contribution in [0.2, 0.25) is 0 Å². The number of fused-ring (bicyclic) bond motifs is 1. The quantitative estimate of drug-likeness (QED) is 0.787. The molecule has 6 heteroatoms. The van der Waals surface area contributed by atoms with Crippen LogP contribution in [0.5, 0.6) is 5.75 Å². The lowest BCUT2D eigenvalue weighted by molar-refractivity contribution is -0.133. The Balaban J connectivity index is 1.71. The van der Waals surface area contributed by atoms with Gasteiger partial charge in [0.15, 0.2) is 6.10 Å². The monoisotopic (exact) mass is 367 g/mol. The van der Waals surface area contributed by atoms with Crippen LogP contribution in [0.15, 0.2) is 48.7 Å². The molecule has 3 rings (SSSR count). The predicted molar refractivity (Wildman–Crippen MR) is 103 cm³/mol. The number of para-hydroxylation sites is 2. The summed E-state index contributed by atoms with van der Waals surface area (Å²) in [5.74, 6) is 0.550. The molecule has 0 saturated carbocycles. The van der Waals surface area contributed by atoms with Crippen LogP contribution >= 0.6 is 0 Å². The van der Waals surface area contributed by atoms with Gasteiger partial charge in [0.2, 0.25) is 5.91 Å². The van der Waals surface area contributed by atoms with E-state index in [2.05, 4.69) is 4.98 Å². The Hall–Kier alpha value is -2.89. The normalized spacial score (nSPS) is 16.1. The van der Waals surface area contributed by atoms with Crippen LogP contribution in [0.4, 0.5) is 5.69 Å². The van der Waals surface area contributed by atoms with Gasteiger partial charge in [-0.15, -0.1) is 0 Å². The summed E-state index contributed by atoms with van der Waals surface area (Å²) in [6.07, 6.45) is 1.42. The first-order valence-electron chi connectivity index (χ1n) is 9.24. The molecule has 27 heavy (non-hydrogen) atoms. The van der Waals surface area contributed by atoms with E-state index in [0.29, 0.717) is 24.5 Å². The van der Waals surface area contributed by atoms with Crippen LogP contribution in [-0.4, -0.2) is 40.4 Å². The van der Waals surface area contributed by atoms with Crippen molar-refractivity contribution in [3.63, 3.8) is 0 Å². The van der Waals surface area contributed by atoms with Crippen LogP contribution < -0.4 is 9.64 Å². The summed E-state index contributed by atoms with van der Waals surface area (Å²) in [4.78, 5) is 33.2. The van der Waals surface area contributed by atoms with Crippen molar-refractivity contribution >= 4 is 17.5 Å². The molecule has 1 aliphatic heterocycles. The fourth-order valence-electron chi connectivity index (χ4n) is 3.17. The maximum absolute atomic E-state index is 12.9. The van der Waals surface area contributed by atoms with Gasteiger partial charge in [-0.25, -0.2) is 0 Å². The Morgan fingerprint density at radius 2 is 1.96 bits per heavy atom. The molecule has 6 nitrogen and oxygen atoms in total. The minimum Gasteiger partial charge on any atom is -0.479 e. The summed E-state index contributed by atoms with van der Waals surface area (Å²) < 4.78 is 5.65. The molecule has 0 aliphatic carbocycles. The third kappa shape index (κ3) is 4.27. The van der Waals surface area contributed by atoms with Crippen molar-refractivity contribution in [2.75, 3.05) is 11.4 Å². The van der Waals surface area contributed by atoms with Gasteiger partial charge in [0.25, 0.3) is 5.91 Å². The Bertz CT molecular complexity index is 807. The van der Waals surface area contributed by atoms with Gasteiger partial charge >= 0.3 is 0 Å². The standard InChI is InChI=1S/C21H25N3O3/c1-15(2)24(14-17-8-6-7-12-22-17)20(25)11-13-23-18-9-4-5-10-19(18)27-16(3)21(23)26/h4-10,12,15-16H,11,13-14H2,1-3H3/t16-/m1/s1. The molecule has 1 atom stereocenters. The van der Waals surface area contributed by atoms with Crippen molar-refractivity contribution in [2.24, 2.45) is 0 Å². The Morgan fingerprint density at radius 1 is 1.22 bits per heavy atom. The number of benzene rings is 1. The van der Waals surface area contributed by atoms with Crippen molar-refractivity contribution in [2.45, 2.75) is 45.9 Å². The number of nitrogens with zero attached hydrogens (tertiary/aromatic N) is 3. The zero-order valence-electron chi connectivity index (χ0n) is 16.0. The number of carbonyl (C=O) groups is 2. The highest BCUT2D eigenvalue weighted by Crippen LogP contribution is 2.33. The second kappa shape index (κ2) is 8.20. The molecule has 1 aliphatic rings. The van der Waals surface area contributed by atoms with E-state index in [9.17, 15) is 9.59 Å². The average Bonchev–Trinajstić information content (AvgIpc) is 2.67.